The summed E-state index contributed by atoms with van der Waals surface area (Å²) in [6.07, 6.45) is 1.15. The molecule has 1 heterocycles. The van der Waals surface area contributed by atoms with Gasteiger partial charge in [0.05, 0.1) is 0 Å². The van der Waals surface area contributed by atoms with Crippen LogP contribution in [-0.4, -0.2) is 15.7 Å². The fourth-order valence-electron chi connectivity index (χ4n) is 2.56. The molecular weight excluding hydrogens is 276 g/mol. The fourth-order valence-corrected chi connectivity index (χ4v) is 2.56. The average Bonchev–Trinajstić information content (AvgIpc) is 2.80. The third-order valence-electron chi connectivity index (χ3n) is 3.56. The van der Waals surface area contributed by atoms with Gasteiger partial charge in [-0.25, -0.2) is 4.79 Å². The van der Waals surface area contributed by atoms with Gasteiger partial charge < -0.3 is 4.74 Å². The van der Waals surface area contributed by atoms with Crippen LogP contribution in [0.3, 0.4) is 0 Å². The van der Waals surface area contributed by atoms with E-state index in [4.69, 9.17) is 4.74 Å². The topological polar surface area (TPSA) is 44.1 Å². The van der Waals surface area contributed by atoms with E-state index in [1.54, 1.807) is 4.68 Å². The van der Waals surface area contributed by atoms with Crippen molar-refractivity contribution in [3.05, 3.63) is 60.8 Å². The molecule has 1 aromatic heterocycles. The molecule has 22 heavy (non-hydrogen) atoms. The Kier molecular flexibility index (Phi) is 3.51. The van der Waals surface area contributed by atoms with Crippen molar-refractivity contribution >= 4 is 16.7 Å². The Morgan fingerprint density at radius 3 is 2.68 bits per heavy atom. The molecule has 2 aromatic carbocycles. The van der Waals surface area contributed by atoms with Crippen molar-refractivity contribution in [2.24, 2.45) is 7.05 Å². The molecular formula is C18H16N2O2. The highest BCUT2D eigenvalue weighted by molar-refractivity contribution is 5.89. The van der Waals surface area contributed by atoms with Gasteiger partial charge in [0, 0.05) is 18.7 Å². The Morgan fingerprint density at radius 1 is 1.23 bits per heavy atom. The van der Waals surface area contributed by atoms with E-state index in [0.29, 0.717) is 11.4 Å². The first-order chi connectivity index (χ1) is 10.6. The molecule has 0 atom stereocenters. The normalized spacial score (nSPS) is 10.6. The molecule has 0 aliphatic carbocycles. The summed E-state index contributed by atoms with van der Waals surface area (Å²) in [5.41, 5.74) is 2.40. The third kappa shape index (κ3) is 2.39. The van der Waals surface area contributed by atoms with Gasteiger partial charge in [0.1, 0.15) is 11.4 Å². The molecule has 3 aromatic rings. The number of carbonyl (C=O) groups is 1. The van der Waals surface area contributed by atoms with E-state index in [1.165, 1.54) is 0 Å². The molecule has 0 spiro atoms. The minimum Gasteiger partial charge on any atom is -0.419 e. The first kappa shape index (κ1) is 14.1. The first-order valence-electron chi connectivity index (χ1n) is 6.97. The second-order valence-corrected chi connectivity index (χ2v) is 5.07. The number of ether oxygens (including phenoxy) is 1. The van der Waals surface area contributed by atoms with Crippen LogP contribution in [0.5, 0.6) is 5.75 Å². The summed E-state index contributed by atoms with van der Waals surface area (Å²) in [5, 5.41) is 6.65. The van der Waals surface area contributed by atoms with E-state index in [9.17, 15) is 4.79 Å². The highest BCUT2D eigenvalue weighted by atomic mass is 16.5. The Balaban J connectivity index is 2.16. The largest absolute Gasteiger partial charge is 0.419 e. The molecule has 0 fully saturated rings. The zero-order chi connectivity index (χ0) is 15.7. The molecule has 0 aliphatic heterocycles. The number of nitrogens with zero attached hydrogens (tertiary/aromatic N) is 2. The molecule has 0 unspecified atom stereocenters. The van der Waals surface area contributed by atoms with Gasteiger partial charge in [-0.2, -0.15) is 5.10 Å². The van der Waals surface area contributed by atoms with Crippen LogP contribution in [-0.2, 0) is 11.8 Å². The summed E-state index contributed by atoms with van der Waals surface area (Å²) in [6, 6.07) is 14.2. The molecule has 0 radical (unpaired) electrons. The first-order valence-corrected chi connectivity index (χ1v) is 6.97. The Hall–Kier alpha value is -2.88. The van der Waals surface area contributed by atoms with Crippen molar-refractivity contribution in [3.8, 4) is 17.0 Å². The summed E-state index contributed by atoms with van der Waals surface area (Å²) in [7, 11) is 1.84. The molecule has 0 saturated heterocycles. The van der Waals surface area contributed by atoms with E-state index < -0.39 is 5.97 Å². The molecule has 3 rings (SSSR count). The Labute approximate surface area is 128 Å². The van der Waals surface area contributed by atoms with E-state index in [2.05, 4.69) is 29.9 Å². The molecule has 110 valence electrons. The van der Waals surface area contributed by atoms with Gasteiger partial charge in [0.15, 0.2) is 5.75 Å². The second kappa shape index (κ2) is 5.48. The lowest BCUT2D eigenvalue weighted by atomic mass is 10.0. The minimum atomic E-state index is -0.488. The van der Waals surface area contributed by atoms with Crippen molar-refractivity contribution in [3.63, 3.8) is 0 Å². The molecule has 4 heteroatoms. The summed E-state index contributed by atoms with van der Waals surface area (Å²) >= 11 is 0. The Morgan fingerprint density at radius 2 is 1.95 bits per heavy atom. The van der Waals surface area contributed by atoms with Crippen molar-refractivity contribution in [2.75, 3.05) is 0 Å². The van der Waals surface area contributed by atoms with Gasteiger partial charge in [-0.05, 0) is 23.8 Å². The number of fused-ring (bicyclic) bond motifs is 1. The van der Waals surface area contributed by atoms with Gasteiger partial charge in [0.25, 0.3) is 0 Å². The van der Waals surface area contributed by atoms with Gasteiger partial charge in [-0.3, -0.25) is 4.68 Å². The molecule has 4 nitrogen and oxygen atoms in total. The van der Waals surface area contributed by atoms with Crippen molar-refractivity contribution in [1.82, 2.24) is 9.78 Å². The molecule has 0 amide bonds. The quantitative estimate of drug-likeness (QED) is 0.547. The van der Waals surface area contributed by atoms with Crippen molar-refractivity contribution < 1.29 is 9.53 Å². The predicted octanol–water partition coefficient (Wildman–Crippen LogP) is 3.64. The monoisotopic (exact) mass is 292 g/mol. The SMILES string of the molecule is C=CC(=O)Oc1c(C)nn(C)c1-c1ccc2ccccc2c1. The van der Waals surface area contributed by atoms with Crippen molar-refractivity contribution in [1.29, 1.82) is 0 Å². The summed E-state index contributed by atoms with van der Waals surface area (Å²) in [6.45, 7) is 5.25. The number of carbonyl (C=O) groups excluding carboxylic acids is 1. The lowest BCUT2D eigenvalue weighted by molar-refractivity contribution is -0.128. The lowest BCUT2D eigenvalue weighted by Gasteiger charge is -2.08. The number of esters is 1. The highest BCUT2D eigenvalue weighted by Crippen LogP contribution is 2.34. The van der Waals surface area contributed by atoms with Crippen LogP contribution in [0.4, 0.5) is 0 Å². The standard InChI is InChI=1S/C18H16N2O2/c1-4-16(21)22-18-12(2)19-20(3)17(18)15-10-9-13-7-5-6-8-14(13)11-15/h4-11H,1H2,2-3H3. The molecule has 0 bridgehead atoms. The number of aryl methyl sites for hydroxylation is 2. The molecule has 0 N–H and O–H groups in total. The smallest absolute Gasteiger partial charge is 0.335 e. The maximum atomic E-state index is 11.6. The zero-order valence-electron chi connectivity index (χ0n) is 12.5. The minimum absolute atomic E-state index is 0.475. The summed E-state index contributed by atoms with van der Waals surface area (Å²) in [5.74, 6) is -0.0131. The number of aromatic nitrogens is 2. The van der Waals surface area contributed by atoms with Crippen LogP contribution in [0.1, 0.15) is 5.69 Å². The molecule has 0 saturated carbocycles. The van der Waals surface area contributed by atoms with Gasteiger partial charge in [-0.1, -0.05) is 43.0 Å². The number of hydrogen-bond acceptors (Lipinski definition) is 3. The van der Waals surface area contributed by atoms with E-state index in [1.807, 2.05) is 38.2 Å². The van der Waals surface area contributed by atoms with Crippen LogP contribution in [0.2, 0.25) is 0 Å². The van der Waals surface area contributed by atoms with E-state index >= 15 is 0 Å². The van der Waals surface area contributed by atoms with E-state index in [-0.39, 0.29) is 0 Å². The third-order valence-corrected chi connectivity index (χ3v) is 3.56. The maximum Gasteiger partial charge on any atom is 0.335 e. The van der Waals surface area contributed by atoms with Crippen LogP contribution in [0.25, 0.3) is 22.0 Å². The number of hydrogen-bond donors (Lipinski definition) is 0. The summed E-state index contributed by atoms with van der Waals surface area (Å²) in [4.78, 5) is 11.6. The van der Waals surface area contributed by atoms with Crippen LogP contribution in [0.15, 0.2) is 55.1 Å². The lowest BCUT2D eigenvalue weighted by Crippen LogP contribution is -2.05. The second-order valence-electron chi connectivity index (χ2n) is 5.07. The van der Waals surface area contributed by atoms with Gasteiger partial charge >= 0.3 is 5.97 Å². The van der Waals surface area contributed by atoms with E-state index in [0.717, 1.165) is 28.1 Å². The number of benzene rings is 2. The van der Waals surface area contributed by atoms with Crippen LogP contribution >= 0.6 is 0 Å². The van der Waals surface area contributed by atoms with Gasteiger partial charge in [0.2, 0.25) is 0 Å². The maximum absolute atomic E-state index is 11.6. The number of rotatable bonds is 3. The van der Waals surface area contributed by atoms with Crippen LogP contribution < -0.4 is 4.74 Å². The van der Waals surface area contributed by atoms with Gasteiger partial charge in [-0.15, -0.1) is 0 Å². The summed E-state index contributed by atoms with van der Waals surface area (Å²) < 4.78 is 7.10. The highest BCUT2D eigenvalue weighted by Gasteiger charge is 2.18. The fraction of sp³-hybridized carbons (Fsp3) is 0.111. The van der Waals surface area contributed by atoms with Crippen molar-refractivity contribution in [2.45, 2.75) is 6.92 Å². The van der Waals surface area contributed by atoms with Crippen LogP contribution in [0, 0.1) is 6.92 Å². The predicted molar refractivity (Wildman–Crippen MR) is 86.7 cm³/mol. The average molecular weight is 292 g/mol. The molecule has 0 aliphatic rings. The zero-order valence-corrected chi connectivity index (χ0v) is 12.5. The Bertz CT molecular complexity index is 878.